The molecule has 0 aromatic carbocycles. The van der Waals surface area contributed by atoms with Gasteiger partial charge in [0.15, 0.2) is 5.82 Å². The Morgan fingerprint density at radius 2 is 1.96 bits per heavy atom. The molecule has 4 rings (SSSR count). The Kier molecular flexibility index (Phi) is 4.25. The minimum atomic E-state index is 0.0145. The molecule has 2 aromatic heterocycles. The van der Waals surface area contributed by atoms with Crippen LogP contribution in [0.25, 0.3) is 0 Å². The third kappa shape index (κ3) is 3.03. The van der Waals surface area contributed by atoms with Gasteiger partial charge in [0.2, 0.25) is 0 Å². The zero-order valence-electron chi connectivity index (χ0n) is 13.8. The van der Waals surface area contributed by atoms with Gasteiger partial charge in [-0.1, -0.05) is 0 Å². The van der Waals surface area contributed by atoms with Gasteiger partial charge in [-0.15, -0.1) is 10.2 Å². The minimum absolute atomic E-state index is 0.0145. The number of rotatable bonds is 3. The van der Waals surface area contributed by atoms with Crippen molar-refractivity contribution in [1.29, 1.82) is 0 Å². The number of nitrogens with zero attached hydrogens (tertiary/aromatic N) is 6. The summed E-state index contributed by atoms with van der Waals surface area (Å²) in [6.45, 7) is 5.29. The van der Waals surface area contributed by atoms with Gasteiger partial charge < -0.3 is 9.47 Å². The monoisotopic (exact) mass is 326 g/mol. The average Bonchev–Trinajstić information content (AvgIpc) is 3.20. The van der Waals surface area contributed by atoms with E-state index >= 15 is 0 Å². The van der Waals surface area contributed by atoms with E-state index in [4.69, 9.17) is 0 Å². The summed E-state index contributed by atoms with van der Waals surface area (Å²) in [7, 11) is 0. The predicted molar refractivity (Wildman–Crippen MR) is 88.1 cm³/mol. The van der Waals surface area contributed by atoms with Crippen LogP contribution in [0.5, 0.6) is 0 Å². The van der Waals surface area contributed by atoms with E-state index in [2.05, 4.69) is 24.6 Å². The van der Waals surface area contributed by atoms with Crippen LogP contribution >= 0.6 is 0 Å². The summed E-state index contributed by atoms with van der Waals surface area (Å²) in [5.74, 6) is 1.93. The van der Waals surface area contributed by atoms with E-state index in [9.17, 15) is 4.79 Å². The van der Waals surface area contributed by atoms with Crippen LogP contribution in [-0.2, 0) is 19.6 Å². The van der Waals surface area contributed by atoms with Crippen molar-refractivity contribution in [3.05, 3.63) is 41.7 Å². The van der Waals surface area contributed by atoms with Gasteiger partial charge in [-0.05, 0) is 44.5 Å². The Morgan fingerprint density at radius 3 is 2.75 bits per heavy atom. The minimum Gasteiger partial charge on any atom is -0.331 e. The lowest BCUT2D eigenvalue weighted by Crippen LogP contribution is -2.31. The number of likely N-dealkylation sites (tertiary alicyclic amines) is 1. The lowest BCUT2D eigenvalue weighted by Gasteiger charge is -2.19. The SMILES string of the molecule is O=C(c1cccnc1)N1CCCn2c(CN3CCCC3)nnc2C1. The number of hydrogen-bond acceptors (Lipinski definition) is 5. The molecule has 0 radical (unpaired) electrons. The zero-order chi connectivity index (χ0) is 16.4. The van der Waals surface area contributed by atoms with Crippen molar-refractivity contribution < 1.29 is 4.79 Å². The van der Waals surface area contributed by atoms with Crippen LogP contribution in [0.3, 0.4) is 0 Å². The number of fused-ring (bicyclic) bond motifs is 1. The molecule has 0 unspecified atom stereocenters. The second kappa shape index (κ2) is 6.68. The molecule has 0 saturated carbocycles. The number of carbonyl (C=O) groups is 1. The van der Waals surface area contributed by atoms with E-state index < -0.39 is 0 Å². The molecule has 7 heteroatoms. The van der Waals surface area contributed by atoms with Gasteiger partial charge in [0.25, 0.3) is 5.91 Å². The smallest absolute Gasteiger partial charge is 0.255 e. The van der Waals surface area contributed by atoms with Crippen LogP contribution in [0, 0.1) is 0 Å². The van der Waals surface area contributed by atoms with Gasteiger partial charge in [-0.2, -0.15) is 0 Å². The van der Waals surface area contributed by atoms with Crippen molar-refractivity contribution >= 4 is 5.91 Å². The zero-order valence-corrected chi connectivity index (χ0v) is 13.8. The molecule has 126 valence electrons. The number of pyridine rings is 1. The average molecular weight is 326 g/mol. The van der Waals surface area contributed by atoms with Gasteiger partial charge >= 0.3 is 0 Å². The molecule has 0 bridgehead atoms. The predicted octanol–water partition coefficient (Wildman–Crippen LogP) is 1.31. The molecule has 24 heavy (non-hydrogen) atoms. The first-order chi connectivity index (χ1) is 11.8. The van der Waals surface area contributed by atoms with Crippen LogP contribution in [0.4, 0.5) is 0 Å². The highest BCUT2D eigenvalue weighted by atomic mass is 16.2. The normalized spacial score (nSPS) is 18.4. The second-order valence-electron chi connectivity index (χ2n) is 6.49. The molecule has 0 aliphatic carbocycles. The lowest BCUT2D eigenvalue weighted by molar-refractivity contribution is 0.0743. The standard InChI is InChI=1S/C17H22N6O/c24-17(14-5-3-6-18-11-14)22-9-4-10-23-15(19-20-16(23)13-22)12-21-7-1-2-8-21/h3,5-6,11H,1-2,4,7-10,12-13H2. The molecule has 2 aliphatic heterocycles. The molecule has 0 N–H and O–H groups in total. The maximum absolute atomic E-state index is 12.7. The van der Waals surface area contributed by atoms with E-state index in [1.165, 1.54) is 12.8 Å². The molecular weight excluding hydrogens is 304 g/mol. The molecule has 7 nitrogen and oxygen atoms in total. The Balaban J connectivity index is 1.51. The van der Waals surface area contributed by atoms with Gasteiger partial charge in [0.05, 0.1) is 18.7 Å². The van der Waals surface area contributed by atoms with E-state index in [-0.39, 0.29) is 5.91 Å². The summed E-state index contributed by atoms with van der Waals surface area (Å²) in [6.07, 6.45) is 6.77. The molecule has 1 amide bonds. The maximum Gasteiger partial charge on any atom is 0.255 e. The maximum atomic E-state index is 12.7. The van der Waals surface area contributed by atoms with Crippen molar-refractivity contribution in [3.63, 3.8) is 0 Å². The van der Waals surface area contributed by atoms with Crippen molar-refractivity contribution in [3.8, 4) is 0 Å². The summed E-state index contributed by atoms with van der Waals surface area (Å²) in [4.78, 5) is 21.0. The first-order valence-electron chi connectivity index (χ1n) is 8.64. The highest BCUT2D eigenvalue weighted by Crippen LogP contribution is 2.17. The third-order valence-electron chi connectivity index (χ3n) is 4.81. The molecule has 0 atom stereocenters. The van der Waals surface area contributed by atoms with Gasteiger partial charge in [-0.25, -0.2) is 0 Å². The van der Waals surface area contributed by atoms with Gasteiger partial charge in [0.1, 0.15) is 5.82 Å². The molecular formula is C17H22N6O. The fourth-order valence-electron chi connectivity index (χ4n) is 3.52. The Bertz CT molecular complexity index is 707. The highest BCUT2D eigenvalue weighted by molar-refractivity contribution is 5.93. The van der Waals surface area contributed by atoms with Crippen LogP contribution in [-0.4, -0.2) is 55.1 Å². The Hall–Kier alpha value is -2.28. The summed E-state index contributed by atoms with van der Waals surface area (Å²) in [5.41, 5.74) is 0.628. The van der Waals surface area contributed by atoms with Crippen LogP contribution in [0.15, 0.2) is 24.5 Å². The van der Waals surface area contributed by atoms with E-state index in [1.807, 2.05) is 11.0 Å². The van der Waals surface area contributed by atoms with Crippen LogP contribution in [0.1, 0.15) is 41.3 Å². The summed E-state index contributed by atoms with van der Waals surface area (Å²) in [6, 6.07) is 3.60. The number of aromatic nitrogens is 4. The first-order valence-corrected chi connectivity index (χ1v) is 8.64. The quantitative estimate of drug-likeness (QED) is 0.851. The molecule has 0 spiro atoms. The molecule has 2 aromatic rings. The fourth-order valence-corrected chi connectivity index (χ4v) is 3.52. The number of amides is 1. The van der Waals surface area contributed by atoms with E-state index in [0.717, 1.165) is 50.8 Å². The summed E-state index contributed by atoms with van der Waals surface area (Å²) >= 11 is 0. The van der Waals surface area contributed by atoms with Crippen molar-refractivity contribution in [2.75, 3.05) is 19.6 Å². The van der Waals surface area contributed by atoms with E-state index in [0.29, 0.717) is 12.1 Å². The van der Waals surface area contributed by atoms with Gasteiger partial charge in [-0.3, -0.25) is 14.7 Å². The molecule has 2 aliphatic rings. The molecule has 1 fully saturated rings. The van der Waals surface area contributed by atoms with Crippen LogP contribution < -0.4 is 0 Å². The van der Waals surface area contributed by atoms with Gasteiger partial charge in [0, 0.05) is 25.5 Å². The van der Waals surface area contributed by atoms with Crippen LogP contribution in [0.2, 0.25) is 0 Å². The number of carbonyl (C=O) groups excluding carboxylic acids is 1. The van der Waals surface area contributed by atoms with E-state index in [1.54, 1.807) is 18.5 Å². The third-order valence-corrected chi connectivity index (χ3v) is 4.81. The second-order valence-corrected chi connectivity index (χ2v) is 6.49. The Morgan fingerprint density at radius 1 is 1.08 bits per heavy atom. The molecule has 1 saturated heterocycles. The highest BCUT2D eigenvalue weighted by Gasteiger charge is 2.24. The lowest BCUT2D eigenvalue weighted by atomic mass is 10.2. The largest absolute Gasteiger partial charge is 0.331 e. The Labute approximate surface area is 141 Å². The topological polar surface area (TPSA) is 67.2 Å². The van der Waals surface area contributed by atoms with Crippen molar-refractivity contribution in [1.82, 2.24) is 29.5 Å². The van der Waals surface area contributed by atoms with Crippen molar-refractivity contribution in [2.45, 2.75) is 38.9 Å². The molecule has 4 heterocycles. The fraction of sp³-hybridized carbons (Fsp3) is 0.529. The summed E-state index contributed by atoms with van der Waals surface area (Å²) in [5, 5.41) is 8.75. The summed E-state index contributed by atoms with van der Waals surface area (Å²) < 4.78 is 2.20. The van der Waals surface area contributed by atoms with Crippen molar-refractivity contribution in [2.24, 2.45) is 0 Å². The first kappa shape index (κ1) is 15.3. The number of hydrogen-bond donors (Lipinski definition) is 0.